The summed E-state index contributed by atoms with van der Waals surface area (Å²) in [6, 6.07) is 3.30. The van der Waals surface area contributed by atoms with Crippen LogP contribution in [-0.4, -0.2) is 32.2 Å². The molecular formula is C9H12N2O3. The second-order valence-corrected chi connectivity index (χ2v) is 2.58. The first-order valence-electron chi connectivity index (χ1n) is 4.01. The number of carbonyl (C=O) groups is 1. The van der Waals surface area contributed by atoms with Gasteiger partial charge in [-0.15, -0.1) is 0 Å². The molecule has 5 nitrogen and oxygen atoms in total. The Morgan fingerprint density at radius 1 is 1.43 bits per heavy atom. The van der Waals surface area contributed by atoms with Gasteiger partial charge in [-0.05, 0) is 12.1 Å². The molecule has 1 aromatic heterocycles. The molecular weight excluding hydrogens is 184 g/mol. The van der Waals surface area contributed by atoms with Gasteiger partial charge in [-0.1, -0.05) is 0 Å². The number of ether oxygens (including phenoxy) is 1. The van der Waals surface area contributed by atoms with Crippen LogP contribution in [0.15, 0.2) is 18.3 Å². The highest BCUT2D eigenvalue weighted by Gasteiger charge is 2.06. The average molecular weight is 196 g/mol. The maximum Gasteiger partial charge on any atom is 0.339 e. The van der Waals surface area contributed by atoms with Crippen molar-refractivity contribution in [2.24, 2.45) is 0 Å². The van der Waals surface area contributed by atoms with Crippen molar-refractivity contribution in [2.75, 3.05) is 26.3 Å². The third kappa shape index (κ3) is 2.20. The van der Waals surface area contributed by atoms with Crippen molar-refractivity contribution >= 4 is 11.8 Å². The Kier molecular flexibility index (Phi) is 3.41. The fourth-order valence-corrected chi connectivity index (χ4v) is 0.904. The van der Waals surface area contributed by atoms with Crippen LogP contribution in [0.3, 0.4) is 0 Å². The Morgan fingerprint density at radius 2 is 2.14 bits per heavy atom. The van der Waals surface area contributed by atoms with Gasteiger partial charge >= 0.3 is 5.97 Å². The molecule has 0 aliphatic rings. The normalized spacial score (nSPS) is 9.64. The van der Waals surface area contributed by atoms with Gasteiger partial charge in [-0.25, -0.2) is 14.8 Å². The number of rotatable bonds is 3. The number of methoxy groups -OCH3 is 1. The van der Waals surface area contributed by atoms with E-state index in [-0.39, 0.29) is 0 Å². The highest BCUT2D eigenvalue weighted by Crippen LogP contribution is 2.09. The van der Waals surface area contributed by atoms with E-state index in [1.165, 1.54) is 25.5 Å². The van der Waals surface area contributed by atoms with Crippen LogP contribution < -0.4 is 5.06 Å². The van der Waals surface area contributed by atoms with Crippen molar-refractivity contribution in [2.45, 2.75) is 0 Å². The molecule has 14 heavy (non-hydrogen) atoms. The highest BCUT2D eigenvalue weighted by atomic mass is 16.7. The van der Waals surface area contributed by atoms with Gasteiger partial charge in [0.2, 0.25) is 0 Å². The standard InChI is InChI=1S/C9H12N2O3/c1-11(14-3)8-5-4-7(6-10-8)9(12)13-2/h4-6H,1-3H3. The molecule has 0 aliphatic heterocycles. The third-order valence-electron chi connectivity index (χ3n) is 1.77. The zero-order chi connectivity index (χ0) is 10.6. The lowest BCUT2D eigenvalue weighted by Gasteiger charge is -2.13. The van der Waals surface area contributed by atoms with Gasteiger partial charge in [-0.3, -0.25) is 4.84 Å². The number of hydroxylamine groups is 1. The van der Waals surface area contributed by atoms with Crippen LogP contribution in [0.5, 0.6) is 0 Å². The van der Waals surface area contributed by atoms with Gasteiger partial charge in [-0.2, -0.15) is 0 Å². The number of hydrogen-bond acceptors (Lipinski definition) is 5. The summed E-state index contributed by atoms with van der Waals surface area (Å²) in [5, 5.41) is 1.49. The molecule has 76 valence electrons. The molecule has 0 amide bonds. The number of carbonyl (C=O) groups excluding carboxylic acids is 1. The summed E-state index contributed by atoms with van der Waals surface area (Å²) in [7, 11) is 4.59. The van der Waals surface area contributed by atoms with Crippen LogP contribution in [-0.2, 0) is 9.57 Å². The Bertz CT molecular complexity index is 310. The molecule has 0 aromatic carbocycles. The van der Waals surface area contributed by atoms with Crippen molar-refractivity contribution in [3.63, 3.8) is 0 Å². The van der Waals surface area contributed by atoms with Gasteiger partial charge in [0.1, 0.15) is 0 Å². The van der Waals surface area contributed by atoms with Gasteiger partial charge in [0.15, 0.2) is 5.82 Å². The van der Waals surface area contributed by atoms with E-state index < -0.39 is 5.97 Å². The summed E-state index contributed by atoms with van der Waals surface area (Å²) in [4.78, 5) is 20.0. The van der Waals surface area contributed by atoms with E-state index in [1.807, 2.05) is 0 Å². The quantitative estimate of drug-likeness (QED) is 0.530. The Hall–Kier alpha value is -1.62. The summed E-state index contributed by atoms with van der Waals surface area (Å²) in [6.45, 7) is 0. The zero-order valence-electron chi connectivity index (χ0n) is 8.35. The van der Waals surface area contributed by atoms with Gasteiger partial charge in [0.05, 0.1) is 19.8 Å². The third-order valence-corrected chi connectivity index (χ3v) is 1.77. The molecule has 0 N–H and O–H groups in total. The van der Waals surface area contributed by atoms with Crippen molar-refractivity contribution in [1.29, 1.82) is 0 Å². The van der Waals surface area contributed by atoms with Crippen LogP contribution >= 0.6 is 0 Å². The van der Waals surface area contributed by atoms with E-state index in [0.29, 0.717) is 11.4 Å². The minimum absolute atomic E-state index is 0.399. The molecule has 0 unspecified atom stereocenters. The second kappa shape index (κ2) is 4.57. The highest BCUT2D eigenvalue weighted by molar-refractivity contribution is 5.89. The van der Waals surface area contributed by atoms with Crippen molar-refractivity contribution in [3.8, 4) is 0 Å². The summed E-state index contributed by atoms with van der Waals surface area (Å²) in [6.07, 6.45) is 1.44. The Morgan fingerprint density at radius 3 is 2.57 bits per heavy atom. The predicted octanol–water partition coefficient (Wildman–Crippen LogP) is 0.866. The number of aromatic nitrogens is 1. The minimum Gasteiger partial charge on any atom is -0.465 e. The van der Waals surface area contributed by atoms with E-state index >= 15 is 0 Å². The average Bonchev–Trinajstić information content (AvgIpc) is 2.27. The zero-order valence-corrected chi connectivity index (χ0v) is 8.35. The molecule has 0 fully saturated rings. The molecule has 1 aromatic rings. The topological polar surface area (TPSA) is 51.7 Å². The van der Waals surface area contributed by atoms with Crippen molar-refractivity contribution < 1.29 is 14.4 Å². The molecule has 0 saturated heterocycles. The molecule has 0 radical (unpaired) electrons. The van der Waals surface area contributed by atoms with Crippen molar-refractivity contribution in [1.82, 2.24) is 4.98 Å². The molecule has 0 saturated carbocycles. The molecule has 0 spiro atoms. The fraction of sp³-hybridized carbons (Fsp3) is 0.333. The molecule has 1 rings (SSSR count). The van der Waals surface area contributed by atoms with Gasteiger partial charge < -0.3 is 4.74 Å². The number of pyridine rings is 1. The maximum atomic E-state index is 11.1. The fourth-order valence-electron chi connectivity index (χ4n) is 0.904. The lowest BCUT2D eigenvalue weighted by atomic mass is 10.3. The molecule has 0 atom stereocenters. The van der Waals surface area contributed by atoms with E-state index in [1.54, 1.807) is 19.2 Å². The molecule has 5 heteroatoms. The summed E-state index contributed by atoms with van der Waals surface area (Å²) in [5.41, 5.74) is 0.417. The molecule has 1 heterocycles. The largest absolute Gasteiger partial charge is 0.465 e. The smallest absolute Gasteiger partial charge is 0.339 e. The van der Waals surface area contributed by atoms with Crippen LogP contribution in [0.25, 0.3) is 0 Å². The summed E-state index contributed by atoms with van der Waals surface area (Å²) in [5.74, 6) is 0.226. The predicted molar refractivity (Wildman–Crippen MR) is 51.0 cm³/mol. The van der Waals surface area contributed by atoms with Crippen LogP contribution in [0.1, 0.15) is 10.4 Å². The first kappa shape index (κ1) is 10.5. The van der Waals surface area contributed by atoms with E-state index in [0.717, 1.165) is 0 Å². The van der Waals surface area contributed by atoms with Crippen LogP contribution in [0.4, 0.5) is 5.82 Å². The van der Waals surface area contributed by atoms with Gasteiger partial charge in [0, 0.05) is 13.2 Å². The Balaban J connectivity index is 2.83. The first-order valence-corrected chi connectivity index (χ1v) is 4.01. The van der Waals surface area contributed by atoms with Crippen molar-refractivity contribution in [3.05, 3.63) is 23.9 Å². The Labute approximate surface area is 82.2 Å². The maximum absolute atomic E-state index is 11.1. The lowest BCUT2D eigenvalue weighted by molar-refractivity contribution is 0.0600. The molecule has 0 bridgehead atoms. The number of hydrogen-bond donors (Lipinski definition) is 0. The first-order chi connectivity index (χ1) is 6.69. The number of nitrogens with zero attached hydrogens (tertiary/aromatic N) is 2. The van der Waals surface area contributed by atoms with Crippen LogP contribution in [0, 0.1) is 0 Å². The summed E-state index contributed by atoms with van der Waals surface area (Å²) < 4.78 is 4.54. The SMILES string of the molecule is COC(=O)c1ccc(N(C)OC)nc1. The number of anilines is 1. The minimum atomic E-state index is -0.399. The number of esters is 1. The summed E-state index contributed by atoms with van der Waals surface area (Å²) >= 11 is 0. The van der Waals surface area contributed by atoms with Gasteiger partial charge in [0.25, 0.3) is 0 Å². The van der Waals surface area contributed by atoms with E-state index in [2.05, 4.69) is 9.72 Å². The van der Waals surface area contributed by atoms with Crippen LogP contribution in [0.2, 0.25) is 0 Å². The van der Waals surface area contributed by atoms with E-state index in [4.69, 9.17) is 4.84 Å². The monoisotopic (exact) mass is 196 g/mol. The molecule has 0 aliphatic carbocycles. The van der Waals surface area contributed by atoms with E-state index in [9.17, 15) is 4.79 Å². The second-order valence-electron chi connectivity index (χ2n) is 2.58. The lowest BCUT2D eigenvalue weighted by Crippen LogP contribution is -2.16.